The van der Waals surface area contributed by atoms with Gasteiger partial charge in [0.1, 0.15) is 0 Å². The van der Waals surface area contributed by atoms with Gasteiger partial charge in [0.05, 0.1) is 37.2 Å². The minimum Gasteiger partial charge on any atom is -0.351 e. The van der Waals surface area contributed by atoms with E-state index in [9.17, 15) is 26.4 Å². The van der Waals surface area contributed by atoms with Crippen LogP contribution in [0.3, 0.4) is 0 Å². The van der Waals surface area contributed by atoms with Crippen LogP contribution in [0.5, 0.6) is 0 Å². The molecule has 3 aromatic rings. The summed E-state index contributed by atoms with van der Waals surface area (Å²) in [5, 5.41) is 2.68. The molecular weight excluding hydrogens is 673 g/mol. The highest BCUT2D eigenvalue weighted by Gasteiger charge is 2.39. The topological polar surface area (TPSA) is 63.2 Å². The standard InChI is InChI=1S/C25H17BrCl4F3NO3S/c26-20-11-14(2-8-19(25(31,32)33)15-12-21(28)23(30)22(29)13-15)1-7-18(20)24(35)34-9-10-38(36,37)17-5-3-16(27)4-6-17/h1-8,11-13,19H,9-10H2,(H,34,35). The number of alkyl halides is 3. The highest BCUT2D eigenvalue weighted by molar-refractivity contribution is 9.10. The average molecular weight is 690 g/mol. The maximum Gasteiger partial charge on any atom is 0.399 e. The molecule has 0 bridgehead atoms. The molecule has 0 saturated carbocycles. The molecule has 0 heterocycles. The maximum absolute atomic E-state index is 13.8. The van der Waals surface area contributed by atoms with E-state index in [1.54, 1.807) is 0 Å². The summed E-state index contributed by atoms with van der Waals surface area (Å²) in [6.07, 6.45) is -2.45. The van der Waals surface area contributed by atoms with E-state index in [-0.39, 0.29) is 43.4 Å². The molecule has 0 spiro atoms. The fraction of sp³-hybridized carbons (Fsp3) is 0.160. The average Bonchev–Trinajstić information content (AvgIpc) is 2.82. The van der Waals surface area contributed by atoms with Gasteiger partial charge in [-0.1, -0.05) is 64.6 Å². The molecular formula is C25H17BrCl4F3NO3S. The number of amides is 1. The van der Waals surface area contributed by atoms with E-state index in [1.807, 2.05) is 0 Å². The van der Waals surface area contributed by atoms with Crippen LogP contribution in [0.15, 0.2) is 70.0 Å². The van der Waals surface area contributed by atoms with Crippen molar-refractivity contribution in [3.05, 3.63) is 102 Å². The smallest absolute Gasteiger partial charge is 0.351 e. The van der Waals surface area contributed by atoms with Gasteiger partial charge in [0.2, 0.25) is 0 Å². The Bertz CT molecular complexity index is 1460. The third-order valence-electron chi connectivity index (χ3n) is 5.27. The van der Waals surface area contributed by atoms with Crippen molar-refractivity contribution in [2.75, 3.05) is 12.3 Å². The fourth-order valence-electron chi connectivity index (χ4n) is 3.34. The minimum atomic E-state index is -4.64. The Morgan fingerprint density at radius 2 is 1.58 bits per heavy atom. The number of hydrogen-bond donors (Lipinski definition) is 1. The first-order valence-corrected chi connectivity index (χ1v) is 14.6. The van der Waals surface area contributed by atoms with Gasteiger partial charge in [-0.15, -0.1) is 0 Å². The highest BCUT2D eigenvalue weighted by Crippen LogP contribution is 2.41. The summed E-state index contributed by atoms with van der Waals surface area (Å²) in [4.78, 5) is 12.6. The minimum absolute atomic E-state index is 0.0395. The number of carbonyl (C=O) groups excluding carboxylic acids is 1. The SMILES string of the molecule is O=C(NCCS(=O)(=O)c1ccc(Cl)cc1)c1ccc(C=CC(c2cc(Cl)c(Cl)c(Cl)c2)C(F)(F)F)cc1Br. The molecule has 1 N–H and O–H groups in total. The fourth-order valence-corrected chi connectivity index (χ4v) is 5.82. The predicted octanol–water partition coefficient (Wildman–Crippen LogP) is 8.63. The van der Waals surface area contributed by atoms with Gasteiger partial charge in [0.25, 0.3) is 5.91 Å². The summed E-state index contributed by atoms with van der Waals surface area (Å²) in [6, 6.07) is 12.2. The zero-order chi connectivity index (χ0) is 28.3. The first-order valence-electron chi connectivity index (χ1n) is 10.6. The van der Waals surface area contributed by atoms with Gasteiger partial charge < -0.3 is 5.32 Å². The molecule has 1 amide bonds. The van der Waals surface area contributed by atoms with Crippen molar-refractivity contribution in [3.8, 4) is 0 Å². The van der Waals surface area contributed by atoms with Crippen molar-refractivity contribution in [2.45, 2.75) is 17.0 Å². The molecule has 202 valence electrons. The van der Waals surface area contributed by atoms with Crippen molar-refractivity contribution in [1.29, 1.82) is 0 Å². The summed E-state index contributed by atoms with van der Waals surface area (Å²) in [5.74, 6) is -2.91. The third kappa shape index (κ3) is 7.90. The molecule has 0 aliphatic rings. The number of sulfone groups is 1. The van der Waals surface area contributed by atoms with E-state index in [1.165, 1.54) is 48.5 Å². The molecule has 1 unspecified atom stereocenters. The lowest BCUT2D eigenvalue weighted by Crippen LogP contribution is -2.29. The maximum atomic E-state index is 13.8. The molecule has 1 atom stereocenters. The number of allylic oxidation sites excluding steroid dienone is 1. The Labute approximate surface area is 245 Å². The quantitative estimate of drug-likeness (QED) is 0.241. The Morgan fingerprint density at radius 1 is 0.974 bits per heavy atom. The van der Waals surface area contributed by atoms with Crippen molar-refractivity contribution in [1.82, 2.24) is 5.32 Å². The number of halogens is 8. The predicted molar refractivity (Wildman–Crippen MR) is 149 cm³/mol. The zero-order valence-electron chi connectivity index (χ0n) is 19.0. The second-order valence-corrected chi connectivity index (χ2v) is 12.5. The first kappa shape index (κ1) is 30.8. The Morgan fingerprint density at radius 3 is 2.13 bits per heavy atom. The molecule has 0 aliphatic carbocycles. The molecule has 3 rings (SSSR count). The Kier molecular flexibility index (Phi) is 10.2. The van der Waals surface area contributed by atoms with Crippen molar-refractivity contribution < 1.29 is 26.4 Å². The largest absolute Gasteiger partial charge is 0.399 e. The second-order valence-electron chi connectivity index (χ2n) is 7.94. The molecule has 13 heteroatoms. The number of nitrogens with one attached hydrogen (secondary N) is 1. The summed E-state index contributed by atoms with van der Waals surface area (Å²) >= 11 is 26.7. The van der Waals surface area contributed by atoms with Gasteiger partial charge in [-0.2, -0.15) is 13.2 Å². The van der Waals surface area contributed by atoms with E-state index >= 15 is 0 Å². The summed E-state index contributed by atoms with van der Waals surface area (Å²) < 4.78 is 66.4. The van der Waals surface area contributed by atoms with Crippen molar-refractivity contribution in [3.63, 3.8) is 0 Å². The van der Waals surface area contributed by atoms with Crippen LogP contribution in [0.4, 0.5) is 13.2 Å². The molecule has 0 fully saturated rings. The van der Waals surface area contributed by atoms with Crippen LogP contribution in [-0.4, -0.2) is 32.8 Å². The highest BCUT2D eigenvalue weighted by atomic mass is 79.9. The van der Waals surface area contributed by atoms with Crippen LogP contribution in [0.1, 0.15) is 27.4 Å². The number of carbonyl (C=O) groups is 1. The van der Waals surface area contributed by atoms with E-state index in [0.717, 1.165) is 18.2 Å². The van der Waals surface area contributed by atoms with E-state index < -0.39 is 27.8 Å². The van der Waals surface area contributed by atoms with E-state index in [4.69, 9.17) is 46.4 Å². The Hall–Kier alpha value is -1.75. The van der Waals surface area contributed by atoms with Crippen LogP contribution in [-0.2, 0) is 9.84 Å². The molecule has 3 aromatic carbocycles. The molecule has 0 saturated heterocycles. The van der Waals surface area contributed by atoms with Crippen LogP contribution in [0.25, 0.3) is 6.08 Å². The molecule has 38 heavy (non-hydrogen) atoms. The van der Waals surface area contributed by atoms with Crippen LogP contribution >= 0.6 is 62.3 Å². The summed E-state index contributed by atoms with van der Waals surface area (Å²) in [5.41, 5.74) is 0.366. The lowest BCUT2D eigenvalue weighted by atomic mass is 9.97. The lowest BCUT2D eigenvalue weighted by Gasteiger charge is -2.18. The number of rotatable bonds is 8. The zero-order valence-corrected chi connectivity index (χ0v) is 24.4. The van der Waals surface area contributed by atoms with Crippen LogP contribution in [0, 0.1) is 0 Å². The van der Waals surface area contributed by atoms with Gasteiger partial charge in [0.15, 0.2) is 9.84 Å². The molecule has 0 aromatic heterocycles. The van der Waals surface area contributed by atoms with Gasteiger partial charge in [-0.3, -0.25) is 4.79 Å². The first-order chi connectivity index (χ1) is 17.7. The van der Waals surface area contributed by atoms with E-state index in [2.05, 4.69) is 21.2 Å². The number of hydrogen-bond acceptors (Lipinski definition) is 3. The number of benzene rings is 3. The van der Waals surface area contributed by atoms with Gasteiger partial charge in [0, 0.05) is 16.0 Å². The normalized spacial score (nSPS) is 13.1. The summed E-state index contributed by atoms with van der Waals surface area (Å²) in [6.45, 7) is -0.155. The Balaban J connectivity index is 1.71. The van der Waals surface area contributed by atoms with Crippen LogP contribution in [0.2, 0.25) is 20.1 Å². The molecule has 4 nitrogen and oxygen atoms in total. The third-order valence-corrected chi connectivity index (χ3v) is 9.10. The second kappa shape index (κ2) is 12.6. The van der Waals surface area contributed by atoms with Crippen molar-refractivity contribution in [2.24, 2.45) is 0 Å². The summed E-state index contributed by atoms with van der Waals surface area (Å²) in [7, 11) is -3.64. The van der Waals surface area contributed by atoms with Gasteiger partial charge in [-0.25, -0.2) is 8.42 Å². The van der Waals surface area contributed by atoms with E-state index in [0.29, 0.717) is 15.1 Å². The van der Waals surface area contributed by atoms with Gasteiger partial charge in [-0.05, 0) is 75.6 Å². The monoisotopic (exact) mass is 687 g/mol. The van der Waals surface area contributed by atoms with Crippen LogP contribution < -0.4 is 5.32 Å². The van der Waals surface area contributed by atoms with Gasteiger partial charge >= 0.3 is 6.18 Å². The van der Waals surface area contributed by atoms with Crippen molar-refractivity contribution >= 4 is 84.2 Å². The molecule has 0 radical (unpaired) electrons. The lowest BCUT2D eigenvalue weighted by molar-refractivity contribution is -0.139. The molecule has 0 aliphatic heterocycles.